The van der Waals surface area contributed by atoms with Gasteiger partial charge in [-0.2, -0.15) is 0 Å². The predicted octanol–water partition coefficient (Wildman–Crippen LogP) is 1.48. The zero-order valence-electron chi connectivity index (χ0n) is 9.19. The van der Waals surface area contributed by atoms with Crippen molar-refractivity contribution in [2.45, 2.75) is 24.3 Å². The van der Waals surface area contributed by atoms with Crippen molar-refractivity contribution < 1.29 is 12.8 Å². The van der Waals surface area contributed by atoms with Gasteiger partial charge < -0.3 is 5.73 Å². The van der Waals surface area contributed by atoms with E-state index >= 15 is 0 Å². The summed E-state index contributed by atoms with van der Waals surface area (Å²) in [6.07, 6.45) is 0.400. The van der Waals surface area contributed by atoms with E-state index in [9.17, 15) is 12.8 Å². The minimum atomic E-state index is -3.32. The van der Waals surface area contributed by atoms with Crippen LogP contribution in [0, 0.1) is 5.82 Å². The van der Waals surface area contributed by atoms with E-state index < -0.39 is 20.9 Å². The smallest absolute Gasteiger partial charge is 0.157 e. The van der Waals surface area contributed by atoms with Crippen LogP contribution in [0.15, 0.2) is 24.3 Å². The molecule has 0 aromatic heterocycles. The minimum absolute atomic E-state index is 0.214. The summed E-state index contributed by atoms with van der Waals surface area (Å²) in [5, 5.41) is -0.530. The fourth-order valence-corrected chi connectivity index (χ4v) is 2.84. The molecule has 0 fully saturated rings. The van der Waals surface area contributed by atoms with Gasteiger partial charge in [-0.3, -0.25) is 0 Å². The first-order valence-corrected chi connectivity index (χ1v) is 6.84. The second-order valence-electron chi connectivity index (χ2n) is 3.79. The number of hydrogen-bond acceptors (Lipinski definition) is 3. The molecule has 3 nitrogen and oxygen atoms in total. The van der Waals surface area contributed by atoms with E-state index in [2.05, 4.69) is 0 Å². The van der Waals surface area contributed by atoms with Crippen molar-refractivity contribution in [1.82, 2.24) is 0 Å². The number of hydrogen-bond donors (Lipinski definition) is 1. The largest absolute Gasteiger partial charge is 0.330 e. The number of benzene rings is 1. The van der Waals surface area contributed by atoms with Crippen molar-refractivity contribution in [2.75, 3.05) is 6.54 Å². The monoisotopic (exact) mass is 245 g/mol. The summed E-state index contributed by atoms with van der Waals surface area (Å²) in [6, 6.07) is 5.91. The molecule has 2 N–H and O–H groups in total. The first-order valence-electron chi connectivity index (χ1n) is 5.12. The molecule has 1 rings (SSSR count). The molecule has 0 saturated carbocycles. The Balaban J connectivity index is 2.85. The summed E-state index contributed by atoms with van der Waals surface area (Å²) in [4.78, 5) is 0. The summed E-state index contributed by atoms with van der Waals surface area (Å²) in [7, 11) is -3.32. The highest BCUT2D eigenvalue weighted by Gasteiger charge is 2.21. The Morgan fingerprint density at radius 3 is 2.56 bits per heavy atom. The van der Waals surface area contributed by atoms with Crippen LogP contribution >= 0.6 is 0 Å². The normalized spacial score (nSPS) is 13.7. The van der Waals surface area contributed by atoms with Crippen LogP contribution < -0.4 is 5.73 Å². The van der Waals surface area contributed by atoms with Gasteiger partial charge in [-0.15, -0.1) is 0 Å². The van der Waals surface area contributed by atoms with Crippen molar-refractivity contribution >= 4 is 9.84 Å². The van der Waals surface area contributed by atoms with Gasteiger partial charge in [0.15, 0.2) is 9.84 Å². The van der Waals surface area contributed by atoms with Gasteiger partial charge >= 0.3 is 0 Å². The lowest BCUT2D eigenvalue weighted by Gasteiger charge is -2.12. The molecule has 1 aromatic carbocycles. The standard InChI is InChI=1S/C11H16FNO2S/c1-9(6-7-13)16(14,15)8-10-4-2-3-5-11(10)12/h2-5,9H,6-8,13H2,1H3. The van der Waals surface area contributed by atoms with Crippen molar-refractivity contribution in [3.05, 3.63) is 35.6 Å². The maximum Gasteiger partial charge on any atom is 0.157 e. The minimum Gasteiger partial charge on any atom is -0.330 e. The van der Waals surface area contributed by atoms with Crippen LogP contribution in [0.4, 0.5) is 4.39 Å². The number of rotatable bonds is 5. The quantitative estimate of drug-likeness (QED) is 0.854. The zero-order valence-corrected chi connectivity index (χ0v) is 10.0. The van der Waals surface area contributed by atoms with Gasteiger partial charge in [-0.25, -0.2) is 12.8 Å². The highest BCUT2D eigenvalue weighted by Crippen LogP contribution is 2.15. The van der Waals surface area contributed by atoms with Gasteiger partial charge in [0.05, 0.1) is 11.0 Å². The molecule has 0 spiro atoms. The van der Waals surface area contributed by atoms with Crippen molar-refractivity contribution in [2.24, 2.45) is 5.73 Å². The fourth-order valence-electron chi connectivity index (χ4n) is 1.39. The van der Waals surface area contributed by atoms with Crippen LogP contribution in [0.2, 0.25) is 0 Å². The molecule has 16 heavy (non-hydrogen) atoms. The average Bonchev–Trinajstić information content (AvgIpc) is 2.21. The maximum atomic E-state index is 13.3. The van der Waals surface area contributed by atoms with Gasteiger partial charge in [0, 0.05) is 5.56 Å². The summed E-state index contributed by atoms with van der Waals surface area (Å²) in [5.41, 5.74) is 5.53. The lowest BCUT2D eigenvalue weighted by atomic mass is 10.2. The number of nitrogens with two attached hydrogens (primary N) is 1. The maximum absolute atomic E-state index is 13.3. The highest BCUT2D eigenvalue weighted by atomic mass is 32.2. The van der Waals surface area contributed by atoms with Gasteiger partial charge in [-0.1, -0.05) is 18.2 Å². The van der Waals surface area contributed by atoms with Crippen molar-refractivity contribution in [3.8, 4) is 0 Å². The molecule has 0 aliphatic carbocycles. The van der Waals surface area contributed by atoms with Gasteiger partial charge in [0.25, 0.3) is 0 Å². The Bertz CT molecular complexity index is 445. The molecule has 0 heterocycles. The van der Waals surface area contributed by atoms with Gasteiger partial charge in [0.1, 0.15) is 5.82 Å². The lowest BCUT2D eigenvalue weighted by molar-refractivity contribution is 0.572. The second-order valence-corrected chi connectivity index (χ2v) is 6.21. The predicted molar refractivity (Wildman–Crippen MR) is 62.2 cm³/mol. The second kappa shape index (κ2) is 5.41. The van der Waals surface area contributed by atoms with Crippen LogP contribution in [0.25, 0.3) is 0 Å². The molecule has 1 aromatic rings. The van der Waals surface area contributed by atoms with Crippen LogP contribution in [-0.2, 0) is 15.6 Å². The Morgan fingerprint density at radius 1 is 1.38 bits per heavy atom. The van der Waals surface area contributed by atoms with Gasteiger partial charge in [0.2, 0.25) is 0 Å². The summed E-state index contributed by atoms with van der Waals surface area (Å²) >= 11 is 0. The molecule has 90 valence electrons. The highest BCUT2D eigenvalue weighted by molar-refractivity contribution is 7.91. The first-order chi connectivity index (χ1) is 7.47. The number of halogens is 1. The van der Waals surface area contributed by atoms with Crippen LogP contribution in [0.1, 0.15) is 18.9 Å². The van der Waals surface area contributed by atoms with E-state index in [1.165, 1.54) is 18.2 Å². The molecule has 0 radical (unpaired) electrons. The van der Waals surface area contributed by atoms with E-state index in [1.54, 1.807) is 13.0 Å². The third-order valence-electron chi connectivity index (χ3n) is 2.50. The third-order valence-corrected chi connectivity index (χ3v) is 4.68. The summed E-state index contributed by atoms with van der Waals surface area (Å²) in [6.45, 7) is 1.92. The summed E-state index contributed by atoms with van der Waals surface area (Å²) in [5.74, 6) is -0.744. The average molecular weight is 245 g/mol. The molecule has 1 atom stereocenters. The Hall–Kier alpha value is -0.940. The molecule has 0 bridgehead atoms. The van der Waals surface area contributed by atoms with Crippen molar-refractivity contribution in [3.63, 3.8) is 0 Å². The fraction of sp³-hybridized carbons (Fsp3) is 0.455. The van der Waals surface area contributed by atoms with Crippen LogP contribution in [-0.4, -0.2) is 20.2 Å². The Morgan fingerprint density at radius 2 is 2.00 bits per heavy atom. The van der Waals surface area contributed by atoms with E-state index in [1.807, 2.05) is 0 Å². The topological polar surface area (TPSA) is 60.2 Å². The van der Waals surface area contributed by atoms with E-state index in [4.69, 9.17) is 5.73 Å². The van der Waals surface area contributed by atoms with E-state index in [0.717, 1.165) is 0 Å². The summed E-state index contributed by atoms with van der Waals surface area (Å²) < 4.78 is 36.9. The van der Waals surface area contributed by atoms with Crippen molar-refractivity contribution in [1.29, 1.82) is 0 Å². The molecule has 1 unspecified atom stereocenters. The molecule has 5 heteroatoms. The molecule has 0 amide bonds. The van der Waals surface area contributed by atoms with E-state index in [-0.39, 0.29) is 11.3 Å². The Kier molecular flexibility index (Phi) is 4.44. The van der Waals surface area contributed by atoms with Crippen LogP contribution in [0.5, 0.6) is 0 Å². The van der Waals surface area contributed by atoms with E-state index in [0.29, 0.717) is 13.0 Å². The molecule has 0 aliphatic heterocycles. The van der Waals surface area contributed by atoms with Gasteiger partial charge in [-0.05, 0) is 26.0 Å². The molecule has 0 saturated heterocycles. The molecule has 0 aliphatic rings. The SMILES string of the molecule is CC(CCN)S(=O)(=O)Cc1ccccc1F. The molecular formula is C11H16FNO2S. The lowest BCUT2D eigenvalue weighted by Crippen LogP contribution is -2.23. The molecular weight excluding hydrogens is 229 g/mol. The first kappa shape index (κ1) is 13.1. The van der Waals surface area contributed by atoms with Crippen LogP contribution in [0.3, 0.4) is 0 Å². The zero-order chi connectivity index (χ0) is 12.2. The Labute approximate surface area is 95.4 Å². The number of sulfone groups is 1. The third kappa shape index (κ3) is 3.28.